The molecule has 1 heterocycles. The summed E-state index contributed by atoms with van der Waals surface area (Å²) >= 11 is 0. The summed E-state index contributed by atoms with van der Waals surface area (Å²) < 4.78 is 17.3. The molecule has 0 spiro atoms. The van der Waals surface area contributed by atoms with Gasteiger partial charge in [0.2, 0.25) is 5.88 Å². The fourth-order valence-corrected chi connectivity index (χ4v) is 9.46. The minimum atomic E-state index is -0.928. The van der Waals surface area contributed by atoms with E-state index >= 15 is 0 Å². The fraction of sp³-hybridized carbons (Fsp3) is 0.644. The van der Waals surface area contributed by atoms with Crippen LogP contribution in [0.2, 0.25) is 0 Å². The number of carbonyl (C=O) groups is 2. The molecule has 3 aromatic rings. The van der Waals surface area contributed by atoms with Crippen molar-refractivity contribution >= 4 is 23.6 Å². The highest BCUT2D eigenvalue weighted by atomic mass is 16.5. The molecule has 0 fully saturated rings. The lowest BCUT2D eigenvalue weighted by molar-refractivity contribution is -0.153. The first-order valence-electron chi connectivity index (χ1n) is 27.4. The number of aromatic nitrogens is 1. The number of allylic oxidation sites excluding steroid dienone is 4. The molecule has 386 valence electrons. The van der Waals surface area contributed by atoms with Gasteiger partial charge in [0.1, 0.15) is 13.2 Å². The molecule has 10 heteroatoms. The number of esters is 2. The summed E-state index contributed by atoms with van der Waals surface area (Å²) in [6.45, 7) is 4.72. The third-order valence-corrected chi connectivity index (χ3v) is 13.6. The van der Waals surface area contributed by atoms with Gasteiger partial charge in [-0.25, -0.2) is 0 Å². The number of benzene rings is 2. The fourth-order valence-electron chi connectivity index (χ4n) is 9.46. The molecule has 2 atom stereocenters. The van der Waals surface area contributed by atoms with Gasteiger partial charge in [-0.15, -0.1) is 0 Å². The monoisotopic (exact) mass is 956 g/mol. The Balaban J connectivity index is 1.62. The van der Waals surface area contributed by atoms with Gasteiger partial charge in [0, 0.05) is 13.1 Å². The van der Waals surface area contributed by atoms with E-state index in [0.717, 1.165) is 88.2 Å². The van der Waals surface area contributed by atoms with Crippen LogP contribution in [0, 0.1) is 0 Å². The third-order valence-electron chi connectivity index (χ3n) is 13.6. The summed E-state index contributed by atoms with van der Waals surface area (Å²) in [5.41, 5.74) is -0.0649. The number of hydrogen-bond donors (Lipinski definition) is 4. The van der Waals surface area contributed by atoms with Crippen LogP contribution < -0.4 is 10.6 Å². The Morgan fingerprint density at radius 3 is 1.30 bits per heavy atom. The van der Waals surface area contributed by atoms with Crippen LogP contribution in [0.25, 0.3) is 0 Å². The number of carbonyl (C=O) groups excluding carboxylic acids is 2. The number of ether oxygens (including phenoxy) is 2. The molecule has 4 N–H and O–H groups in total. The van der Waals surface area contributed by atoms with Gasteiger partial charge in [-0.1, -0.05) is 202 Å². The van der Waals surface area contributed by atoms with Crippen LogP contribution in [-0.2, 0) is 29.9 Å². The zero-order valence-corrected chi connectivity index (χ0v) is 43.1. The number of rotatable bonds is 44. The number of hydrogen-bond acceptors (Lipinski definition) is 10. The zero-order valence-electron chi connectivity index (χ0n) is 43.1. The van der Waals surface area contributed by atoms with Crippen molar-refractivity contribution in [2.24, 2.45) is 0 Å². The Kier molecular flexibility index (Phi) is 32.7. The van der Waals surface area contributed by atoms with E-state index in [1.165, 1.54) is 83.4 Å². The number of aliphatic hydroxyl groups is 2. The van der Waals surface area contributed by atoms with E-state index in [9.17, 15) is 19.8 Å². The van der Waals surface area contributed by atoms with Gasteiger partial charge < -0.3 is 34.7 Å². The second-order valence-electron chi connectivity index (χ2n) is 19.0. The lowest BCUT2D eigenvalue weighted by Gasteiger charge is -2.33. The van der Waals surface area contributed by atoms with Crippen molar-refractivity contribution in [2.45, 2.75) is 204 Å². The Morgan fingerprint density at radius 2 is 0.899 bits per heavy atom. The maximum atomic E-state index is 14.1. The van der Waals surface area contributed by atoms with Crippen LogP contribution >= 0.6 is 0 Å². The van der Waals surface area contributed by atoms with Crippen LogP contribution in [0.5, 0.6) is 0 Å². The number of nitrogens with zero attached hydrogens (tertiary/aromatic N) is 1. The molecule has 10 nitrogen and oxygen atoms in total. The van der Waals surface area contributed by atoms with Crippen LogP contribution in [-0.4, -0.2) is 66.7 Å². The molecule has 0 saturated heterocycles. The summed E-state index contributed by atoms with van der Waals surface area (Å²) in [6.07, 6.45) is 41.3. The molecular formula is C59H93N3O7. The van der Waals surface area contributed by atoms with Crippen LogP contribution in [0.15, 0.2) is 95.8 Å². The lowest BCUT2D eigenvalue weighted by Crippen LogP contribution is -2.40. The maximum Gasteiger partial charge on any atom is 0.316 e. The standard InChI is InChI=1S/C59H93N3O7/c1-3-5-7-9-11-13-15-17-19-21-23-25-27-35-41-58(56(65)67-49-47-63,52-37-31-29-32-38-52)43-45-60-54-55(69-51-62-54)61-46-44-59(57(66)68-50-48-64,53-39-33-30-34-40-53)42-36-28-26-24-22-20-18-16-14-12-10-8-6-4-2/h17-20,29-34,37-40,51,60-61,63-64H,3-16,21-28,35-36,41-50H2,1-2H3/b19-17-,20-18-. The summed E-state index contributed by atoms with van der Waals surface area (Å²) in [6, 6.07) is 19.7. The molecule has 0 saturated carbocycles. The van der Waals surface area contributed by atoms with E-state index in [0.29, 0.717) is 50.5 Å². The molecule has 2 aromatic carbocycles. The van der Waals surface area contributed by atoms with Crippen molar-refractivity contribution in [3.8, 4) is 0 Å². The summed E-state index contributed by atoms with van der Waals surface area (Å²) in [4.78, 5) is 32.6. The van der Waals surface area contributed by atoms with Crippen molar-refractivity contribution in [3.63, 3.8) is 0 Å². The number of aliphatic hydroxyl groups excluding tert-OH is 2. The number of unbranched alkanes of at least 4 members (excludes halogenated alkanes) is 20. The lowest BCUT2D eigenvalue weighted by atomic mass is 9.73. The molecule has 0 bridgehead atoms. The van der Waals surface area contributed by atoms with Gasteiger partial charge in [0.05, 0.1) is 24.0 Å². The normalized spacial score (nSPS) is 13.4. The van der Waals surface area contributed by atoms with Crippen LogP contribution in [0.4, 0.5) is 11.7 Å². The Labute approximate surface area is 417 Å². The van der Waals surface area contributed by atoms with Gasteiger partial charge in [-0.05, 0) is 88.2 Å². The van der Waals surface area contributed by atoms with Gasteiger partial charge in [-0.3, -0.25) is 9.59 Å². The smallest absolute Gasteiger partial charge is 0.316 e. The first kappa shape index (κ1) is 58.9. The largest absolute Gasteiger partial charge is 0.463 e. The summed E-state index contributed by atoms with van der Waals surface area (Å²) in [5, 5.41) is 26.1. The number of nitrogens with one attached hydrogen (secondary N) is 2. The van der Waals surface area contributed by atoms with Gasteiger partial charge in [0.15, 0.2) is 12.2 Å². The van der Waals surface area contributed by atoms with Crippen LogP contribution in [0.1, 0.15) is 205 Å². The van der Waals surface area contributed by atoms with E-state index in [1.807, 2.05) is 60.7 Å². The van der Waals surface area contributed by atoms with E-state index in [1.54, 1.807) is 0 Å². The topological polar surface area (TPSA) is 143 Å². The molecule has 0 aliphatic heterocycles. The highest BCUT2D eigenvalue weighted by Crippen LogP contribution is 2.38. The highest BCUT2D eigenvalue weighted by molar-refractivity contribution is 5.84. The average molecular weight is 956 g/mol. The summed E-state index contributed by atoms with van der Waals surface area (Å²) in [7, 11) is 0. The predicted octanol–water partition coefficient (Wildman–Crippen LogP) is 14.5. The quantitative estimate of drug-likeness (QED) is 0.0246. The second kappa shape index (κ2) is 38.4. The molecular weight excluding hydrogens is 863 g/mol. The first-order valence-corrected chi connectivity index (χ1v) is 27.4. The van der Waals surface area contributed by atoms with E-state index in [2.05, 4.69) is 53.8 Å². The predicted molar refractivity (Wildman–Crippen MR) is 285 cm³/mol. The Bertz CT molecular complexity index is 1640. The number of anilines is 2. The van der Waals surface area contributed by atoms with Gasteiger partial charge in [-0.2, -0.15) is 4.98 Å². The highest BCUT2D eigenvalue weighted by Gasteiger charge is 2.42. The molecule has 69 heavy (non-hydrogen) atoms. The zero-order chi connectivity index (χ0) is 49.4. The average Bonchev–Trinajstić information content (AvgIpc) is 3.83. The number of oxazole rings is 1. The molecule has 0 radical (unpaired) electrons. The molecule has 0 aliphatic carbocycles. The SMILES string of the molecule is CCCCCCCC/C=C\CCCCCCC(CCNc1ncoc1NCCC(CCCCCC/C=C\CCCCCCCC)(C(=O)OCCO)c1ccccc1)(C(=O)OCCO)c1ccccc1. The van der Waals surface area contributed by atoms with Crippen molar-refractivity contribution in [1.82, 2.24) is 4.98 Å². The van der Waals surface area contributed by atoms with E-state index in [-0.39, 0.29) is 38.4 Å². The maximum absolute atomic E-state index is 14.1. The van der Waals surface area contributed by atoms with Crippen molar-refractivity contribution in [1.29, 1.82) is 0 Å². The second-order valence-corrected chi connectivity index (χ2v) is 19.0. The molecule has 2 unspecified atom stereocenters. The molecule has 0 amide bonds. The molecule has 1 aromatic heterocycles. The van der Waals surface area contributed by atoms with Gasteiger partial charge in [0.25, 0.3) is 0 Å². The minimum absolute atomic E-state index is 0.0573. The third kappa shape index (κ3) is 23.4. The van der Waals surface area contributed by atoms with Crippen molar-refractivity contribution in [3.05, 3.63) is 102 Å². The first-order chi connectivity index (χ1) is 34.0. The van der Waals surface area contributed by atoms with Gasteiger partial charge >= 0.3 is 11.9 Å². The van der Waals surface area contributed by atoms with Crippen molar-refractivity contribution in [2.75, 3.05) is 50.2 Å². The Morgan fingerprint density at radius 1 is 0.522 bits per heavy atom. The van der Waals surface area contributed by atoms with E-state index in [4.69, 9.17) is 13.9 Å². The summed E-state index contributed by atoms with van der Waals surface area (Å²) in [5.74, 6) is 0.291. The van der Waals surface area contributed by atoms with Crippen molar-refractivity contribution < 1.29 is 33.7 Å². The minimum Gasteiger partial charge on any atom is -0.463 e. The Hall–Kier alpha value is -4.41. The van der Waals surface area contributed by atoms with E-state index < -0.39 is 10.8 Å². The molecule has 0 aliphatic rings. The molecule has 3 rings (SSSR count). The van der Waals surface area contributed by atoms with Crippen LogP contribution in [0.3, 0.4) is 0 Å².